The maximum Gasteiger partial charge on any atom is 0.147 e. The van der Waals surface area contributed by atoms with Crippen LogP contribution >= 0.6 is 0 Å². The number of anilines is 1. The lowest BCUT2D eigenvalue weighted by atomic mass is 10.2. The van der Waals surface area contributed by atoms with E-state index in [1.165, 1.54) is 6.26 Å². The third-order valence-electron chi connectivity index (χ3n) is 2.60. The predicted molar refractivity (Wildman–Crippen MR) is 75.2 cm³/mol. The third-order valence-corrected chi connectivity index (χ3v) is 3.63. The van der Waals surface area contributed by atoms with Gasteiger partial charge in [-0.3, -0.25) is 0 Å². The Bertz CT molecular complexity index is 454. The van der Waals surface area contributed by atoms with Crippen molar-refractivity contribution in [2.75, 3.05) is 37.1 Å². The Labute approximate surface area is 109 Å². The quantitative estimate of drug-likeness (QED) is 0.760. The highest BCUT2D eigenvalue weighted by Gasteiger charge is 2.05. The van der Waals surface area contributed by atoms with Crippen LogP contribution in [-0.2, 0) is 9.84 Å². The van der Waals surface area contributed by atoms with Gasteiger partial charge in [-0.25, -0.2) is 8.42 Å². The van der Waals surface area contributed by atoms with E-state index in [2.05, 4.69) is 0 Å². The molecule has 102 valence electrons. The zero-order chi connectivity index (χ0) is 13.6. The van der Waals surface area contributed by atoms with Gasteiger partial charge in [0.05, 0.1) is 12.4 Å². The zero-order valence-electron chi connectivity index (χ0n) is 11.2. The van der Waals surface area contributed by atoms with Crippen LogP contribution in [0.15, 0.2) is 24.3 Å². The molecule has 0 aliphatic carbocycles. The fourth-order valence-electron chi connectivity index (χ4n) is 1.66. The zero-order valence-corrected chi connectivity index (χ0v) is 12.0. The summed E-state index contributed by atoms with van der Waals surface area (Å²) in [5, 5.41) is 0. The van der Waals surface area contributed by atoms with Crippen LogP contribution in [-0.4, -0.2) is 40.6 Å². The van der Waals surface area contributed by atoms with Crippen molar-refractivity contribution in [3.8, 4) is 5.75 Å². The van der Waals surface area contributed by atoms with Crippen molar-refractivity contribution < 1.29 is 13.2 Å². The molecule has 0 saturated carbocycles. The second-order valence-electron chi connectivity index (χ2n) is 4.33. The van der Waals surface area contributed by atoms with E-state index in [9.17, 15) is 8.42 Å². The summed E-state index contributed by atoms with van der Waals surface area (Å²) in [6.45, 7) is 3.33. The molecule has 1 rings (SSSR count). The first kappa shape index (κ1) is 14.8. The first-order chi connectivity index (χ1) is 8.42. The van der Waals surface area contributed by atoms with Crippen molar-refractivity contribution >= 4 is 15.5 Å². The molecule has 0 radical (unpaired) electrons. The van der Waals surface area contributed by atoms with E-state index in [-0.39, 0.29) is 5.75 Å². The van der Waals surface area contributed by atoms with Crippen LogP contribution in [0.1, 0.15) is 13.3 Å². The number of benzene rings is 1. The second-order valence-corrected chi connectivity index (χ2v) is 6.59. The standard InChI is InChI=1S/C13H21NO3S/c1-4-17-13-8-6-12(7-9-13)14(2)10-5-11-18(3,15)16/h6-9H,4-5,10-11H2,1-3H3. The van der Waals surface area contributed by atoms with Gasteiger partial charge in [-0.2, -0.15) is 0 Å². The molecule has 1 aromatic rings. The molecule has 0 N–H and O–H groups in total. The molecule has 0 aliphatic rings. The summed E-state index contributed by atoms with van der Waals surface area (Å²) in [7, 11) is -0.906. The lowest BCUT2D eigenvalue weighted by Crippen LogP contribution is -2.20. The van der Waals surface area contributed by atoms with Crippen LogP contribution < -0.4 is 9.64 Å². The van der Waals surface area contributed by atoms with Crippen LogP contribution in [0.25, 0.3) is 0 Å². The molecule has 5 heteroatoms. The van der Waals surface area contributed by atoms with Crippen molar-refractivity contribution in [1.82, 2.24) is 0 Å². The smallest absolute Gasteiger partial charge is 0.147 e. The minimum atomic E-state index is -2.86. The molecule has 0 heterocycles. The van der Waals surface area contributed by atoms with E-state index in [0.29, 0.717) is 13.0 Å². The van der Waals surface area contributed by atoms with Crippen molar-refractivity contribution in [3.63, 3.8) is 0 Å². The number of hydrogen-bond acceptors (Lipinski definition) is 4. The van der Waals surface area contributed by atoms with E-state index in [1.54, 1.807) is 0 Å². The van der Waals surface area contributed by atoms with Gasteiger partial charge < -0.3 is 9.64 Å². The first-order valence-corrected chi connectivity index (χ1v) is 8.10. The number of nitrogens with zero attached hydrogens (tertiary/aromatic N) is 1. The molecule has 0 fully saturated rings. The van der Waals surface area contributed by atoms with E-state index < -0.39 is 9.84 Å². The number of hydrogen-bond donors (Lipinski definition) is 0. The van der Waals surface area contributed by atoms with Gasteiger partial charge in [0.25, 0.3) is 0 Å². The van der Waals surface area contributed by atoms with Crippen molar-refractivity contribution in [2.24, 2.45) is 0 Å². The summed E-state index contributed by atoms with van der Waals surface area (Å²) < 4.78 is 27.4. The van der Waals surface area contributed by atoms with E-state index in [1.807, 2.05) is 43.1 Å². The number of ether oxygens (including phenoxy) is 1. The van der Waals surface area contributed by atoms with Gasteiger partial charge in [0, 0.05) is 25.5 Å². The van der Waals surface area contributed by atoms with E-state index in [4.69, 9.17) is 4.74 Å². The van der Waals surface area contributed by atoms with Gasteiger partial charge >= 0.3 is 0 Å². The molecule has 0 bridgehead atoms. The highest BCUT2D eigenvalue weighted by molar-refractivity contribution is 7.90. The Kier molecular flexibility index (Phi) is 5.47. The molecule has 0 atom stereocenters. The molecule has 4 nitrogen and oxygen atoms in total. The summed E-state index contributed by atoms with van der Waals surface area (Å²) in [5.74, 6) is 1.08. The van der Waals surface area contributed by atoms with Gasteiger partial charge in [-0.15, -0.1) is 0 Å². The largest absolute Gasteiger partial charge is 0.494 e. The fourth-order valence-corrected chi connectivity index (χ4v) is 2.31. The Morgan fingerprint density at radius 2 is 1.83 bits per heavy atom. The first-order valence-electron chi connectivity index (χ1n) is 6.04. The van der Waals surface area contributed by atoms with Gasteiger partial charge in [0.2, 0.25) is 0 Å². The topological polar surface area (TPSA) is 46.6 Å². The monoisotopic (exact) mass is 271 g/mol. The number of rotatable bonds is 7. The SMILES string of the molecule is CCOc1ccc(N(C)CCCS(C)(=O)=O)cc1. The highest BCUT2D eigenvalue weighted by atomic mass is 32.2. The minimum absolute atomic E-state index is 0.231. The molecule has 0 saturated heterocycles. The van der Waals surface area contributed by atoms with Crippen molar-refractivity contribution in [3.05, 3.63) is 24.3 Å². The summed E-state index contributed by atoms with van der Waals surface area (Å²) in [6, 6.07) is 7.80. The average molecular weight is 271 g/mol. The summed E-state index contributed by atoms with van der Waals surface area (Å²) in [6.07, 6.45) is 1.91. The van der Waals surface area contributed by atoms with Crippen molar-refractivity contribution in [1.29, 1.82) is 0 Å². The summed E-state index contributed by atoms with van der Waals surface area (Å²) in [4.78, 5) is 2.04. The molecule has 18 heavy (non-hydrogen) atoms. The van der Waals surface area contributed by atoms with Gasteiger partial charge in [-0.1, -0.05) is 0 Å². The highest BCUT2D eigenvalue weighted by Crippen LogP contribution is 2.18. The van der Waals surface area contributed by atoms with Crippen LogP contribution in [0.4, 0.5) is 5.69 Å². The van der Waals surface area contributed by atoms with Crippen LogP contribution in [0, 0.1) is 0 Å². The predicted octanol–water partition coefficient (Wildman–Crippen LogP) is 1.96. The molecular formula is C13H21NO3S. The van der Waals surface area contributed by atoms with E-state index >= 15 is 0 Å². The Hall–Kier alpha value is -1.23. The maximum absolute atomic E-state index is 11.0. The molecular weight excluding hydrogens is 250 g/mol. The second kappa shape index (κ2) is 6.64. The van der Waals surface area contributed by atoms with Crippen LogP contribution in [0.2, 0.25) is 0 Å². The molecule has 0 aliphatic heterocycles. The third kappa shape index (κ3) is 5.40. The average Bonchev–Trinajstić information content (AvgIpc) is 2.28. The van der Waals surface area contributed by atoms with Crippen LogP contribution in [0.5, 0.6) is 5.75 Å². The van der Waals surface area contributed by atoms with E-state index in [0.717, 1.165) is 18.0 Å². The van der Waals surface area contributed by atoms with Gasteiger partial charge in [0.1, 0.15) is 15.6 Å². The summed E-state index contributed by atoms with van der Waals surface area (Å²) in [5.41, 5.74) is 1.06. The molecule has 0 aromatic heterocycles. The lowest BCUT2D eigenvalue weighted by Gasteiger charge is -2.19. The van der Waals surface area contributed by atoms with Crippen molar-refractivity contribution in [2.45, 2.75) is 13.3 Å². The van der Waals surface area contributed by atoms with Crippen LogP contribution in [0.3, 0.4) is 0 Å². The molecule has 0 spiro atoms. The van der Waals surface area contributed by atoms with Gasteiger partial charge in [0.15, 0.2) is 0 Å². The Balaban J connectivity index is 2.48. The molecule has 0 amide bonds. The maximum atomic E-state index is 11.0. The molecule has 1 aromatic carbocycles. The van der Waals surface area contributed by atoms with Gasteiger partial charge in [-0.05, 0) is 37.6 Å². The summed E-state index contributed by atoms with van der Waals surface area (Å²) >= 11 is 0. The number of sulfone groups is 1. The molecule has 0 unspecified atom stereocenters. The normalized spacial score (nSPS) is 11.3. The minimum Gasteiger partial charge on any atom is -0.494 e. The fraction of sp³-hybridized carbons (Fsp3) is 0.538. The lowest BCUT2D eigenvalue weighted by molar-refractivity contribution is 0.340. The Morgan fingerprint density at radius 1 is 1.22 bits per heavy atom. The Morgan fingerprint density at radius 3 is 2.33 bits per heavy atom.